The molecule has 1 aliphatic heterocycles. The molecular formula is C11H15N3O. The molecule has 1 aromatic heterocycles. The van der Waals surface area contributed by atoms with Crippen LogP contribution in [0.2, 0.25) is 0 Å². The first-order chi connectivity index (χ1) is 7.27. The molecule has 0 spiro atoms. The van der Waals surface area contributed by atoms with Crippen molar-refractivity contribution in [3.8, 4) is 0 Å². The van der Waals surface area contributed by atoms with Crippen LogP contribution >= 0.6 is 0 Å². The second-order valence-electron chi connectivity index (χ2n) is 3.82. The summed E-state index contributed by atoms with van der Waals surface area (Å²) in [5.41, 5.74) is 2.06. The van der Waals surface area contributed by atoms with Gasteiger partial charge in [0.2, 0.25) is 5.91 Å². The van der Waals surface area contributed by atoms with Crippen molar-refractivity contribution >= 4 is 11.6 Å². The summed E-state index contributed by atoms with van der Waals surface area (Å²) in [7, 11) is 0. The summed E-state index contributed by atoms with van der Waals surface area (Å²) in [5.74, 6) is 0.0949. The number of hydrogen-bond acceptors (Lipinski definition) is 3. The summed E-state index contributed by atoms with van der Waals surface area (Å²) in [5, 5.41) is 6.10. The largest absolute Gasteiger partial charge is 0.373 e. The zero-order valence-corrected chi connectivity index (χ0v) is 8.79. The number of carbonyl (C=O) groups is 1. The Bertz CT molecular complexity index is 365. The van der Waals surface area contributed by atoms with Gasteiger partial charge in [0, 0.05) is 24.6 Å². The normalized spacial score (nSPS) is 20.9. The molecule has 0 aliphatic carbocycles. The minimum atomic E-state index is -0.0974. The van der Waals surface area contributed by atoms with Crippen molar-refractivity contribution in [1.29, 1.82) is 0 Å². The third kappa shape index (κ3) is 2.26. The quantitative estimate of drug-likeness (QED) is 0.759. The van der Waals surface area contributed by atoms with Crippen LogP contribution in [0.1, 0.15) is 18.4 Å². The fourth-order valence-corrected chi connectivity index (χ4v) is 1.73. The first-order valence-corrected chi connectivity index (χ1v) is 5.22. The predicted octanol–water partition coefficient (Wildman–Crippen LogP) is 1.08. The highest BCUT2D eigenvalue weighted by Gasteiger charge is 2.21. The first-order valence-electron chi connectivity index (χ1n) is 5.22. The van der Waals surface area contributed by atoms with Gasteiger partial charge in [-0.1, -0.05) is 0 Å². The van der Waals surface area contributed by atoms with Crippen molar-refractivity contribution in [2.24, 2.45) is 0 Å². The van der Waals surface area contributed by atoms with Crippen LogP contribution in [-0.2, 0) is 4.79 Å². The molecule has 1 unspecified atom stereocenters. The fraction of sp³-hybridized carbons (Fsp3) is 0.455. The van der Waals surface area contributed by atoms with Gasteiger partial charge in [-0.2, -0.15) is 0 Å². The van der Waals surface area contributed by atoms with Crippen molar-refractivity contribution < 1.29 is 4.79 Å². The van der Waals surface area contributed by atoms with Crippen LogP contribution in [0.4, 0.5) is 5.69 Å². The van der Waals surface area contributed by atoms with Gasteiger partial charge in [0.25, 0.3) is 0 Å². The zero-order valence-electron chi connectivity index (χ0n) is 8.79. The van der Waals surface area contributed by atoms with E-state index >= 15 is 0 Å². The maximum Gasteiger partial charge on any atom is 0.242 e. The van der Waals surface area contributed by atoms with E-state index < -0.39 is 0 Å². The Morgan fingerprint density at radius 2 is 2.47 bits per heavy atom. The van der Waals surface area contributed by atoms with Gasteiger partial charge >= 0.3 is 0 Å². The van der Waals surface area contributed by atoms with Gasteiger partial charge in [0.1, 0.15) is 6.04 Å². The van der Waals surface area contributed by atoms with Crippen LogP contribution in [0.5, 0.6) is 0 Å². The third-order valence-electron chi connectivity index (χ3n) is 2.64. The highest BCUT2D eigenvalue weighted by Crippen LogP contribution is 2.16. The molecular weight excluding hydrogens is 190 g/mol. The minimum absolute atomic E-state index is 0.0949. The number of pyridine rings is 1. The van der Waals surface area contributed by atoms with Crippen LogP contribution in [0, 0.1) is 6.92 Å². The van der Waals surface area contributed by atoms with Gasteiger partial charge in [0.15, 0.2) is 0 Å². The van der Waals surface area contributed by atoms with Crippen LogP contribution in [0.3, 0.4) is 0 Å². The van der Waals surface area contributed by atoms with E-state index in [1.165, 1.54) is 0 Å². The first kappa shape index (κ1) is 9.96. The molecule has 0 radical (unpaired) electrons. The molecule has 80 valence electrons. The van der Waals surface area contributed by atoms with Crippen LogP contribution in [-0.4, -0.2) is 23.5 Å². The Kier molecular flexibility index (Phi) is 2.85. The van der Waals surface area contributed by atoms with E-state index in [0.717, 1.165) is 30.6 Å². The molecule has 0 saturated carbocycles. The molecule has 0 aromatic carbocycles. The Morgan fingerprint density at radius 3 is 3.20 bits per heavy atom. The summed E-state index contributed by atoms with van der Waals surface area (Å²) >= 11 is 0. The molecule has 1 aliphatic rings. The topological polar surface area (TPSA) is 54.0 Å². The Balaban J connectivity index is 2.08. The summed E-state index contributed by atoms with van der Waals surface area (Å²) in [6.07, 6.45) is 5.46. The molecule has 1 fully saturated rings. The van der Waals surface area contributed by atoms with Crippen LogP contribution < -0.4 is 10.6 Å². The molecule has 1 aromatic rings. The highest BCUT2D eigenvalue weighted by atomic mass is 16.2. The van der Waals surface area contributed by atoms with Gasteiger partial charge in [0.05, 0.1) is 0 Å². The lowest BCUT2D eigenvalue weighted by Crippen LogP contribution is -2.44. The maximum absolute atomic E-state index is 11.5. The van der Waals surface area contributed by atoms with E-state index in [1.54, 1.807) is 12.4 Å². The number of rotatable bonds is 2. The zero-order chi connectivity index (χ0) is 10.7. The van der Waals surface area contributed by atoms with Crippen molar-refractivity contribution in [2.45, 2.75) is 25.8 Å². The number of hydrogen-bond donors (Lipinski definition) is 2. The molecule has 4 heteroatoms. The fourth-order valence-electron chi connectivity index (χ4n) is 1.73. The summed E-state index contributed by atoms with van der Waals surface area (Å²) < 4.78 is 0. The number of amides is 1. The van der Waals surface area contributed by atoms with Gasteiger partial charge in [-0.25, -0.2) is 0 Å². The summed E-state index contributed by atoms with van der Waals surface area (Å²) in [4.78, 5) is 15.5. The van der Waals surface area contributed by atoms with Gasteiger partial charge in [-0.3, -0.25) is 9.78 Å². The van der Waals surface area contributed by atoms with Gasteiger partial charge < -0.3 is 10.6 Å². The number of nitrogens with one attached hydrogen (secondary N) is 2. The lowest BCUT2D eigenvalue weighted by atomic mass is 10.1. The predicted molar refractivity (Wildman–Crippen MR) is 58.6 cm³/mol. The van der Waals surface area contributed by atoms with E-state index in [1.807, 2.05) is 13.0 Å². The third-order valence-corrected chi connectivity index (χ3v) is 2.64. The monoisotopic (exact) mass is 205 g/mol. The molecule has 0 bridgehead atoms. The average Bonchev–Trinajstić information content (AvgIpc) is 2.24. The maximum atomic E-state index is 11.5. The van der Waals surface area contributed by atoms with Crippen molar-refractivity contribution in [3.63, 3.8) is 0 Å². The summed E-state index contributed by atoms with van der Waals surface area (Å²) in [6.45, 7) is 2.78. The minimum Gasteiger partial charge on any atom is -0.373 e. The Morgan fingerprint density at radius 1 is 1.60 bits per heavy atom. The van der Waals surface area contributed by atoms with E-state index in [-0.39, 0.29) is 11.9 Å². The SMILES string of the molecule is Cc1cnccc1NC1CCCNC1=O. The Hall–Kier alpha value is -1.58. The molecule has 4 nitrogen and oxygen atoms in total. The van der Waals surface area contributed by atoms with E-state index in [0.29, 0.717) is 0 Å². The Labute approximate surface area is 89.1 Å². The number of nitrogens with zero attached hydrogens (tertiary/aromatic N) is 1. The molecule has 1 amide bonds. The lowest BCUT2D eigenvalue weighted by Gasteiger charge is -2.24. The van der Waals surface area contributed by atoms with E-state index in [4.69, 9.17) is 0 Å². The molecule has 1 atom stereocenters. The van der Waals surface area contributed by atoms with E-state index in [2.05, 4.69) is 15.6 Å². The smallest absolute Gasteiger partial charge is 0.242 e. The second-order valence-corrected chi connectivity index (χ2v) is 3.82. The van der Waals surface area contributed by atoms with Crippen LogP contribution in [0.15, 0.2) is 18.5 Å². The van der Waals surface area contributed by atoms with Gasteiger partial charge in [-0.05, 0) is 31.4 Å². The number of aromatic nitrogens is 1. The summed E-state index contributed by atoms with van der Waals surface area (Å²) in [6, 6.07) is 1.80. The number of aryl methyl sites for hydroxylation is 1. The number of piperidine rings is 1. The molecule has 2 rings (SSSR count). The molecule has 2 heterocycles. The highest BCUT2D eigenvalue weighted by molar-refractivity contribution is 5.85. The number of carbonyl (C=O) groups excluding carboxylic acids is 1. The molecule has 15 heavy (non-hydrogen) atoms. The lowest BCUT2D eigenvalue weighted by molar-refractivity contribution is -0.123. The van der Waals surface area contributed by atoms with Crippen molar-refractivity contribution in [3.05, 3.63) is 24.0 Å². The standard InChI is InChI=1S/C11H15N3O/c1-8-7-12-6-4-9(8)14-10-3-2-5-13-11(10)15/h4,6-7,10H,2-3,5H2,1H3,(H,12,14)(H,13,15). The number of anilines is 1. The van der Waals surface area contributed by atoms with Crippen molar-refractivity contribution in [1.82, 2.24) is 10.3 Å². The second kappa shape index (κ2) is 4.29. The van der Waals surface area contributed by atoms with Crippen molar-refractivity contribution in [2.75, 3.05) is 11.9 Å². The van der Waals surface area contributed by atoms with Gasteiger partial charge in [-0.15, -0.1) is 0 Å². The molecule has 2 N–H and O–H groups in total. The van der Waals surface area contributed by atoms with Crippen LogP contribution in [0.25, 0.3) is 0 Å². The molecule has 1 saturated heterocycles. The van der Waals surface area contributed by atoms with E-state index in [9.17, 15) is 4.79 Å². The average molecular weight is 205 g/mol.